The zero-order valence-corrected chi connectivity index (χ0v) is 12.5. The topological polar surface area (TPSA) is 38.0 Å². The number of aryl methyl sites for hydroxylation is 2. The molecular weight excluding hydrogens is 295 g/mol. The van der Waals surface area contributed by atoms with E-state index in [1.54, 1.807) is 17.4 Å². The smallest absolute Gasteiger partial charge is 0.142 e. The lowest BCUT2D eigenvalue weighted by Crippen LogP contribution is -2.29. The molecule has 5 heteroatoms. The first-order valence-corrected chi connectivity index (χ1v) is 7.89. The third kappa shape index (κ3) is 2.61. The van der Waals surface area contributed by atoms with Gasteiger partial charge in [-0.05, 0) is 48.9 Å². The van der Waals surface area contributed by atoms with Gasteiger partial charge in [-0.3, -0.25) is 11.3 Å². The molecule has 1 aromatic heterocycles. The summed E-state index contributed by atoms with van der Waals surface area (Å²) in [6.45, 7) is 0. The molecule has 1 atom stereocenters. The van der Waals surface area contributed by atoms with E-state index in [0.29, 0.717) is 6.42 Å². The Balaban J connectivity index is 1.84. The Labute approximate surface area is 126 Å². The zero-order chi connectivity index (χ0) is 14.1. The van der Waals surface area contributed by atoms with Crippen molar-refractivity contribution in [1.82, 2.24) is 5.43 Å². The van der Waals surface area contributed by atoms with Gasteiger partial charge in [0, 0.05) is 9.75 Å². The fourth-order valence-corrected chi connectivity index (χ4v) is 4.21. The molecule has 1 aromatic carbocycles. The van der Waals surface area contributed by atoms with E-state index in [1.807, 2.05) is 6.07 Å². The molecule has 0 bridgehead atoms. The standard InChI is InChI=1S/C15H16ClFN2S/c16-15-10(4-1-5-11(15)17)7-12(19-18)14-8-9-3-2-6-13(9)20-14/h1,4-5,8,12,19H,2-3,6-7,18H2. The molecule has 2 nitrogen and oxygen atoms in total. The second kappa shape index (κ2) is 5.82. The minimum Gasteiger partial charge on any atom is -0.271 e. The van der Waals surface area contributed by atoms with Crippen molar-refractivity contribution in [2.75, 3.05) is 0 Å². The van der Waals surface area contributed by atoms with Gasteiger partial charge in [-0.25, -0.2) is 4.39 Å². The molecule has 3 N–H and O–H groups in total. The maximum Gasteiger partial charge on any atom is 0.142 e. The monoisotopic (exact) mass is 310 g/mol. The highest BCUT2D eigenvalue weighted by molar-refractivity contribution is 7.12. The molecule has 106 valence electrons. The molecule has 3 rings (SSSR count). The van der Waals surface area contributed by atoms with Gasteiger partial charge in [0.15, 0.2) is 0 Å². The van der Waals surface area contributed by atoms with Crippen molar-refractivity contribution in [3.63, 3.8) is 0 Å². The van der Waals surface area contributed by atoms with Crippen LogP contribution in [-0.2, 0) is 19.3 Å². The Morgan fingerprint density at radius 2 is 2.25 bits per heavy atom. The van der Waals surface area contributed by atoms with Crippen LogP contribution in [0.5, 0.6) is 0 Å². The Morgan fingerprint density at radius 1 is 1.40 bits per heavy atom. The van der Waals surface area contributed by atoms with Crippen LogP contribution >= 0.6 is 22.9 Å². The summed E-state index contributed by atoms with van der Waals surface area (Å²) in [5.74, 6) is 5.30. The number of rotatable bonds is 4. The predicted octanol–water partition coefficient (Wildman–Crippen LogP) is 3.78. The van der Waals surface area contributed by atoms with Crippen molar-refractivity contribution >= 4 is 22.9 Å². The van der Waals surface area contributed by atoms with E-state index < -0.39 is 0 Å². The molecule has 2 aromatic rings. The van der Waals surface area contributed by atoms with Crippen molar-refractivity contribution in [2.45, 2.75) is 31.7 Å². The molecule has 0 amide bonds. The van der Waals surface area contributed by atoms with Gasteiger partial charge < -0.3 is 0 Å². The van der Waals surface area contributed by atoms with Crippen molar-refractivity contribution in [1.29, 1.82) is 0 Å². The molecule has 1 unspecified atom stereocenters. The number of nitrogens with two attached hydrogens (primary N) is 1. The number of halogens is 2. The average Bonchev–Trinajstić information content (AvgIpc) is 3.01. The summed E-state index contributed by atoms with van der Waals surface area (Å²) in [6.07, 6.45) is 4.16. The quantitative estimate of drug-likeness (QED) is 0.666. The van der Waals surface area contributed by atoms with Crippen LogP contribution in [0.2, 0.25) is 5.02 Å². The van der Waals surface area contributed by atoms with Gasteiger partial charge >= 0.3 is 0 Å². The average molecular weight is 311 g/mol. The van der Waals surface area contributed by atoms with E-state index in [1.165, 1.54) is 27.8 Å². The van der Waals surface area contributed by atoms with Crippen LogP contribution < -0.4 is 11.3 Å². The van der Waals surface area contributed by atoms with Crippen molar-refractivity contribution < 1.29 is 4.39 Å². The van der Waals surface area contributed by atoms with Gasteiger partial charge in [-0.15, -0.1) is 11.3 Å². The number of hydrazine groups is 1. The lowest BCUT2D eigenvalue weighted by Gasteiger charge is -2.15. The second-order valence-corrected chi connectivity index (χ2v) is 6.63. The minimum absolute atomic E-state index is 0.0232. The van der Waals surface area contributed by atoms with E-state index in [2.05, 4.69) is 11.5 Å². The molecular formula is C15H16ClFN2S. The van der Waals surface area contributed by atoms with Gasteiger partial charge in [0.05, 0.1) is 11.1 Å². The van der Waals surface area contributed by atoms with Crippen molar-refractivity contribution in [3.05, 3.63) is 56.0 Å². The Kier molecular flexibility index (Phi) is 4.08. The molecule has 0 saturated heterocycles. The molecule has 0 radical (unpaired) electrons. The summed E-state index contributed by atoms with van der Waals surface area (Å²) >= 11 is 7.82. The Bertz CT molecular complexity index is 605. The highest BCUT2D eigenvalue weighted by Crippen LogP contribution is 2.35. The number of benzene rings is 1. The number of nitrogens with one attached hydrogen (secondary N) is 1. The summed E-state index contributed by atoms with van der Waals surface area (Å²) in [7, 11) is 0. The summed E-state index contributed by atoms with van der Waals surface area (Å²) in [5.41, 5.74) is 5.05. The number of fused-ring (bicyclic) bond motifs is 1. The Hall–Kier alpha value is -0.940. The second-order valence-electron chi connectivity index (χ2n) is 5.09. The summed E-state index contributed by atoms with van der Waals surface area (Å²) < 4.78 is 13.5. The third-order valence-electron chi connectivity index (χ3n) is 3.77. The number of hydrogen-bond donors (Lipinski definition) is 2. The van der Waals surface area contributed by atoms with Gasteiger partial charge in [-0.1, -0.05) is 23.7 Å². The first-order chi connectivity index (χ1) is 9.69. The van der Waals surface area contributed by atoms with Crippen LogP contribution in [0.15, 0.2) is 24.3 Å². The van der Waals surface area contributed by atoms with E-state index in [4.69, 9.17) is 17.4 Å². The van der Waals surface area contributed by atoms with Crippen LogP contribution in [0, 0.1) is 5.82 Å². The van der Waals surface area contributed by atoms with Crippen LogP contribution in [0.1, 0.15) is 33.3 Å². The zero-order valence-electron chi connectivity index (χ0n) is 11.0. The van der Waals surface area contributed by atoms with Crippen LogP contribution in [0.25, 0.3) is 0 Å². The van der Waals surface area contributed by atoms with Crippen molar-refractivity contribution in [2.24, 2.45) is 5.84 Å². The fraction of sp³-hybridized carbons (Fsp3) is 0.333. The lowest BCUT2D eigenvalue weighted by atomic mass is 10.0. The highest BCUT2D eigenvalue weighted by atomic mass is 35.5. The van der Waals surface area contributed by atoms with E-state index in [0.717, 1.165) is 18.4 Å². The molecule has 20 heavy (non-hydrogen) atoms. The van der Waals surface area contributed by atoms with Gasteiger partial charge in [0.25, 0.3) is 0 Å². The van der Waals surface area contributed by atoms with Crippen molar-refractivity contribution in [3.8, 4) is 0 Å². The molecule has 1 aliphatic carbocycles. The van der Waals surface area contributed by atoms with Crippen LogP contribution in [0.3, 0.4) is 0 Å². The van der Waals surface area contributed by atoms with E-state index in [-0.39, 0.29) is 16.9 Å². The van der Waals surface area contributed by atoms with Gasteiger partial charge in [0.1, 0.15) is 5.82 Å². The largest absolute Gasteiger partial charge is 0.271 e. The molecule has 0 fully saturated rings. The normalized spacial score (nSPS) is 15.3. The van der Waals surface area contributed by atoms with Crippen LogP contribution in [-0.4, -0.2) is 0 Å². The maximum atomic E-state index is 13.5. The molecule has 0 saturated carbocycles. The minimum atomic E-state index is -0.381. The summed E-state index contributed by atoms with van der Waals surface area (Å²) in [5, 5.41) is 0.192. The SMILES string of the molecule is NNC(Cc1cccc(F)c1Cl)c1cc2c(s1)CCC2. The number of hydrogen-bond acceptors (Lipinski definition) is 3. The van der Waals surface area contributed by atoms with Gasteiger partial charge in [-0.2, -0.15) is 0 Å². The molecule has 0 aliphatic heterocycles. The van der Waals surface area contributed by atoms with Crippen LogP contribution in [0.4, 0.5) is 4.39 Å². The highest BCUT2D eigenvalue weighted by Gasteiger charge is 2.21. The van der Waals surface area contributed by atoms with E-state index in [9.17, 15) is 4.39 Å². The third-order valence-corrected chi connectivity index (χ3v) is 5.54. The molecule has 1 heterocycles. The molecule has 1 aliphatic rings. The first-order valence-electron chi connectivity index (χ1n) is 6.69. The predicted molar refractivity (Wildman–Crippen MR) is 81.5 cm³/mol. The fourth-order valence-electron chi connectivity index (χ4n) is 2.69. The summed E-state index contributed by atoms with van der Waals surface area (Å²) in [4.78, 5) is 2.67. The first kappa shape index (κ1) is 14.0. The maximum absolute atomic E-state index is 13.5. The van der Waals surface area contributed by atoms with Gasteiger partial charge in [0.2, 0.25) is 0 Å². The lowest BCUT2D eigenvalue weighted by molar-refractivity contribution is 0.556. The Morgan fingerprint density at radius 3 is 3.00 bits per heavy atom. The number of thiophene rings is 1. The molecule has 0 spiro atoms. The van der Waals surface area contributed by atoms with E-state index >= 15 is 0 Å². The summed E-state index contributed by atoms with van der Waals surface area (Å²) in [6, 6.07) is 7.10.